The Labute approximate surface area is 221 Å². The Morgan fingerprint density at radius 2 is 1.84 bits per heavy atom. The molecule has 2 aliphatic heterocycles. The van der Waals surface area contributed by atoms with Gasteiger partial charge in [0.05, 0.1) is 35.1 Å². The van der Waals surface area contributed by atoms with Gasteiger partial charge in [-0.05, 0) is 42.6 Å². The summed E-state index contributed by atoms with van der Waals surface area (Å²) < 4.78 is 31.7. The predicted octanol–water partition coefficient (Wildman–Crippen LogP) is 2.16. The second-order valence-corrected chi connectivity index (χ2v) is 10.8. The third-order valence-corrected chi connectivity index (χ3v) is 7.94. The molecule has 38 heavy (non-hydrogen) atoms. The molecule has 1 aromatic carbocycles. The van der Waals surface area contributed by atoms with E-state index in [0.29, 0.717) is 19.5 Å². The molecule has 3 rings (SSSR count). The van der Waals surface area contributed by atoms with Crippen molar-refractivity contribution >= 4 is 27.9 Å². The number of urea groups is 1. The monoisotopic (exact) mass is 554 g/mol. The summed E-state index contributed by atoms with van der Waals surface area (Å²) in [7, 11) is -3.53. The zero-order valence-electron chi connectivity index (χ0n) is 21.6. The summed E-state index contributed by atoms with van der Waals surface area (Å²) in [6, 6.07) is 4.28. The van der Waals surface area contributed by atoms with Crippen molar-refractivity contribution < 1.29 is 37.8 Å². The zero-order chi connectivity index (χ0) is 28.5. The molecule has 4 unspecified atom stereocenters. The van der Waals surface area contributed by atoms with E-state index >= 15 is 0 Å². The smallest absolute Gasteiger partial charge is 0.335 e. The average Bonchev–Trinajstić information content (AvgIpc) is 3.29. The third kappa shape index (κ3) is 7.65. The van der Waals surface area contributed by atoms with Gasteiger partial charge in [0.15, 0.2) is 0 Å². The fraction of sp³-hybridized carbons (Fsp3) is 0.609. The molecule has 4 atom stereocenters. The number of hydrogen-bond acceptors (Lipinski definition) is 8. The Morgan fingerprint density at radius 3 is 2.34 bits per heavy atom. The first kappa shape index (κ1) is 31.0. The summed E-state index contributed by atoms with van der Waals surface area (Å²) >= 11 is 0. The number of carboxylic acid groups (broad SMARTS) is 1. The number of benzene rings is 1. The number of rotatable bonds is 10. The van der Waals surface area contributed by atoms with E-state index in [9.17, 15) is 22.8 Å². The van der Waals surface area contributed by atoms with Crippen molar-refractivity contribution in [3.63, 3.8) is 0 Å². The van der Waals surface area contributed by atoms with Gasteiger partial charge in [-0.2, -0.15) is 4.31 Å². The lowest BCUT2D eigenvalue weighted by Gasteiger charge is -2.34. The largest absolute Gasteiger partial charge is 0.478 e. The van der Waals surface area contributed by atoms with Crippen molar-refractivity contribution in [1.82, 2.24) is 14.5 Å². The number of aliphatic hydroxyl groups is 1. The molecule has 0 aliphatic carbocycles. The van der Waals surface area contributed by atoms with Crippen LogP contribution in [0.25, 0.3) is 10.4 Å². The molecule has 0 aromatic heterocycles. The van der Waals surface area contributed by atoms with Crippen LogP contribution in [-0.2, 0) is 19.6 Å². The third-order valence-electron chi connectivity index (χ3n) is 6.03. The van der Waals surface area contributed by atoms with E-state index in [4.69, 9.17) is 20.5 Å². The van der Waals surface area contributed by atoms with Crippen LogP contribution in [0.15, 0.2) is 34.3 Å². The van der Waals surface area contributed by atoms with Crippen molar-refractivity contribution in [2.75, 3.05) is 26.2 Å². The van der Waals surface area contributed by atoms with E-state index in [1.54, 1.807) is 6.92 Å². The summed E-state index contributed by atoms with van der Waals surface area (Å²) in [6.07, 6.45) is 0.576. The predicted molar refractivity (Wildman–Crippen MR) is 135 cm³/mol. The van der Waals surface area contributed by atoms with Crippen molar-refractivity contribution in [2.45, 2.75) is 63.3 Å². The lowest BCUT2D eigenvalue weighted by atomic mass is 10.1. The highest BCUT2D eigenvalue weighted by Gasteiger charge is 2.42. The van der Waals surface area contributed by atoms with Gasteiger partial charge in [-0.25, -0.2) is 18.0 Å². The highest BCUT2D eigenvalue weighted by molar-refractivity contribution is 7.89. The van der Waals surface area contributed by atoms with Crippen LogP contribution >= 0.6 is 0 Å². The summed E-state index contributed by atoms with van der Waals surface area (Å²) in [6.45, 7) is 6.45. The Kier molecular flexibility index (Phi) is 11.5. The fourth-order valence-corrected chi connectivity index (χ4v) is 5.66. The van der Waals surface area contributed by atoms with Gasteiger partial charge in [-0.1, -0.05) is 25.9 Å². The van der Waals surface area contributed by atoms with Gasteiger partial charge < -0.3 is 14.9 Å². The molecule has 0 radical (unpaired) electrons. The van der Waals surface area contributed by atoms with Gasteiger partial charge in [-0.3, -0.25) is 15.0 Å². The summed E-state index contributed by atoms with van der Waals surface area (Å²) in [5, 5.41) is 23.7. The minimum absolute atomic E-state index is 0.0801. The number of aromatic carboxylic acids is 1. The molecule has 0 spiro atoms. The SMILES string of the molecule is CC1CN(C2CC(N=[N+]=[N-])C(CO)O2)C(=O)NC1=O.CCCN(CCC)S(=O)(=O)c1ccc(C(=O)O)cc1. The molecule has 2 heterocycles. The second kappa shape index (κ2) is 14.1. The number of imide groups is 1. The second-order valence-electron chi connectivity index (χ2n) is 8.90. The highest BCUT2D eigenvalue weighted by Crippen LogP contribution is 2.27. The first-order valence-electron chi connectivity index (χ1n) is 12.3. The molecule has 1 aromatic rings. The number of ether oxygens (including phenoxy) is 1. The molecule has 2 fully saturated rings. The summed E-state index contributed by atoms with van der Waals surface area (Å²) in [4.78, 5) is 38.1. The number of nitrogens with zero attached hydrogens (tertiary/aromatic N) is 5. The first-order valence-corrected chi connectivity index (χ1v) is 13.7. The number of azide groups is 1. The minimum atomic E-state index is -3.53. The number of aliphatic hydroxyl groups excluding tert-OH is 1. The van der Waals surface area contributed by atoms with E-state index in [-0.39, 0.29) is 35.4 Å². The molecule has 2 aliphatic rings. The first-order chi connectivity index (χ1) is 18.0. The van der Waals surface area contributed by atoms with E-state index < -0.39 is 40.4 Å². The highest BCUT2D eigenvalue weighted by atomic mass is 32.2. The molecule has 0 bridgehead atoms. The minimum Gasteiger partial charge on any atom is -0.478 e. The van der Waals surface area contributed by atoms with Crippen molar-refractivity contribution in [1.29, 1.82) is 0 Å². The van der Waals surface area contributed by atoms with Crippen LogP contribution < -0.4 is 5.32 Å². The number of hydrogen-bond donors (Lipinski definition) is 3. The van der Waals surface area contributed by atoms with Crippen molar-refractivity contribution in [3.05, 3.63) is 40.3 Å². The molecular formula is C23H34N6O8S. The number of carbonyl (C=O) groups is 3. The van der Waals surface area contributed by atoms with E-state index in [0.717, 1.165) is 12.8 Å². The van der Waals surface area contributed by atoms with Crippen molar-refractivity contribution in [3.8, 4) is 0 Å². The van der Waals surface area contributed by atoms with Crippen LogP contribution in [0, 0.1) is 5.92 Å². The van der Waals surface area contributed by atoms with Gasteiger partial charge in [-0.15, -0.1) is 0 Å². The maximum Gasteiger partial charge on any atom is 0.335 e. The van der Waals surface area contributed by atoms with Crippen molar-refractivity contribution in [2.24, 2.45) is 11.0 Å². The molecule has 3 amide bonds. The van der Waals surface area contributed by atoms with E-state index in [1.807, 2.05) is 13.8 Å². The topological polar surface area (TPSA) is 202 Å². The molecule has 15 heteroatoms. The van der Waals surface area contributed by atoms with Gasteiger partial charge in [0, 0.05) is 31.0 Å². The van der Waals surface area contributed by atoms with Crippen LogP contribution in [0.4, 0.5) is 4.79 Å². The number of sulfonamides is 1. The maximum absolute atomic E-state index is 12.4. The van der Waals surface area contributed by atoms with Crippen LogP contribution in [0.1, 0.15) is 50.4 Å². The van der Waals surface area contributed by atoms with E-state index in [2.05, 4.69) is 15.3 Å². The Morgan fingerprint density at radius 1 is 1.24 bits per heavy atom. The van der Waals surface area contributed by atoms with Gasteiger partial charge >= 0.3 is 12.0 Å². The normalized spacial score (nSPS) is 23.3. The van der Waals surface area contributed by atoms with Gasteiger partial charge in [0.25, 0.3) is 0 Å². The lowest BCUT2D eigenvalue weighted by molar-refractivity contribution is -0.128. The number of amides is 3. The molecule has 210 valence electrons. The van der Waals surface area contributed by atoms with Crippen LogP contribution in [-0.4, -0.2) is 90.4 Å². The number of nitrogens with one attached hydrogen (secondary N) is 1. The Hall–Kier alpha value is -3.23. The Balaban J connectivity index is 0.000000267. The van der Waals surface area contributed by atoms with Crippen LogP contribution in [0.3, 0.4) is 0 Å². The molecule has 3 N–H and O–H groups in total. The Bertz CT molecular complexity index is 1130. The van der Waals surface area contributed by atoms with Crippen LogP contribution in [0.2, 0.25) is 0 Å². The van der Waals surface area contributed by atoms with Gasteiger partial charge in [0.1, 0.15) is 6.23 Å². The van der Waals surface area contributed by atoms with E-state index in [1.165, 1.54) is 33.5 Å². The average molecular weight is 555 g/mol. The maximum atomic E-state index is 12.4. The zero-order valence-corrected chi connectivity index (χ0v) is 22.4. The molecule has 0 saturated carbocycles. The standard InChI is InChI=1S/C13H19NO4S.C10H15N5O4/c1-3-9-14(10-4-2)19(17,18)12-7-5-11(6-8-12)13(15)16;1-5-3-15(10(18)12-9(5)17)8-2-6(13-14-11)7(4-16)19-8/h5-8H,3-4,9-10H2,1-2H3,(H,15,16);5-8,16H,2-4H2,1H3,(H,12,17,18). The summed E-state index contributed by atoms with van der Waals surface area (Å²) in [5.41, 5.74) is 8.53. The number of carboxylic acids is 1. The molecule has 14 nitrogen and oxygen atoms in total. The van der Waals surface area contributed by atoms with Crippen LogP contribution in [0.5, 0.6) is 0 Å². The summed E-state index contributed by atoms with van der Waals surface area (Å²) in [5.74, 6) is -1.71. The molecule has 2 saturated heterocycles. The fourth-order valence-electron chi connectivity index (χ4n) is 4.04. The number of carbonyl (C=O) groups excluding carboxylic acids is 2. The quantitative estimate of drug-likeness (QED) is 0.222. The van der Waals surface area contributed by atoms with Gasteiger partial charge in [0.2, 0.25) is 15.9 Å². The molecular weight excluding hydrogens is 520 g/mol. The lowest BCUT2D eigenvalue weighted by Crippen LogP contribution is -2.57.